The highest BCUT2D eigenvalue weighted by atomic mass is 16.1. The van der Waals surface area contributed by atoms with Crippen LogP contribution >= 0.6 is 0 Å². The Bertz CT molecular complexity index is 258. The number of carbonyl (C=O) groups excluding carboxylic acids is 1. The first-order valence-corrected chi connectivity index (χ1v) is 6.89. The average Bonchev–Trinajstić information content (AvgIpc) is 2.29. The predicted octanol–water partition coefficient (Wildman–Crippen LogP) is 3.57. The summed E-state index contributed by atoms with van der Waals surface area (Å²) in [6, 6.07) is 0. The molecule has 0 heterocycles. The molecule has 3 aliphatic carbocycles. The van der Waals surface area contributed by atoms with Gasteiger partial charge in [-0.15, -0.1) is 0 Å². The summed E-state index contributed by atoms with van der Waals surface area (Å²) in [5.74, 6) is 3.81. The minimum absolute atomic E-state index is 0.484. The van der Waals surface area contributed by atoms with Crippen molar-refractivity contribution < 1.29 is 4.79 Å². The minimum Gasteiger partial charge on any atom is -0.299 e. The van der Waals surface area contributed by atoms with Crippen LogP contribution in [0.3, 0.4) is 0 Å². The molecule has 0 aromatic heterocycles. The third kappa shape index (κ3) is 1.64. The van der Waals surface area contributed by atoms with Gasteiger partial charge in [-0.2, -0.15) is 0 Å². The standard InChI is InChI=1S/C14H22O/c15-14-7-3-6-12-11-5-2-1-4-10(11)8-9-13(12)14/h10-13H,1-9H2/t10-,11+,12-,13?/m1/s1. The van der Waals surface area contributed by atoms with Crippen LogP contribution in [0.5, 0.6) is 0 Å². The zero-order chi connectivity index (χ0) is 10.3. The van der Waals surface area contributed by atoms with E-state index in [1.807, 2.05) is 0 Å². The van der Waals surface area contributed by atoms with Gasteiger partial charge in [-0.25, -0.2) is 0 Å². The number of Topliss-reactive ketones (excluding diaryl/α,β-unsaturated/α-hetero) is 1. The molecule has 0 N–H and O–H groups in total. The molecular formula is C14H22O. The third-order valence-electron chi connectivity index (χ3n) is 5.26. The van der Waals surface area contributed by atoms with E-state index >= 15 is 0 Å². The van der Waals surface area contributed by atoms with Gasteiger partial charge in [-0.1, -0.05) is 19.3 Å². The molecule has 1 nitrogen and oxygen atoms in total. The summed E-state index contributed by atoms with van der Waals surface area (Å²) in [6.07, 6.45) is 11.8. The lowest BCUT2D eigenvalue weighted by Crippen LogP contribution is -2.42. The van der Waals surface area contributed by atoms with Gasteiger partial charge in [0.2, 0.25) is 0 Å². The molecule has 0 spiro atoms. The largest absolute Gasteiger partial charge is 0.299 e. The van der Waals surface area contributed by atoms with E-state index in [1.165, 1.54) is 51.4 Å². The second-order valence-corrected chi connectivity index (χ2v) is 5.91. The van der Waals surface area contributed by atoms with E-state index in [2.05, 4.69) is 0 Å². The highest BCUT2D eigenvalue weighted by Gasteiger charge is 2.43. The summed E-state index contributed by atoms with van der Waals surface area (Å²) in [6.45, 7) is 0. The fraction of sp³-hybridized carbons (Fsp3) is 0.929. The predicted molar refractivity (Wildman–Crippen MR) is 60.5 cm³/mol. The maximum Gasteiger partial charge on any atom is 0.136 e. The molecule has 3 saturated carbocycles. The Morgan fingerprint density at radius 2 is 1.60 bits per heavy atom. The van der Waals surface area contributed by atoms with E-state index in [9.17, 15) is 4.79 Å². The first kappa shape index (κ1) is 9.86. The van der Waals surface area contributed by atoms with Crippen molar-refractivity contribution in [2.24, 2.45) is 23.7 Å². The first-order chi connectivity index (χ1) is 7.36. The molecular weight excluding hydrogens is 184 g/mol. The Hall–Kier alpha value is -0.330. The molecule has 0 radical (unpaired) electrons. The molecule has 0 bridgehead atoms. The Morgan fingerprint density at radius 1 is 0.800 bits per heavy atom. The van der Waals surface area contributed by atoms with Crippen molar-refractivity contribution in [3.8, 4) is 0 Å². The van der Waals surface area contributed by atoms with Crippen LogP contribution < -0.4 is 0 Å². The van der Waals surface area contributed by atoms with Crippen molar-refractivity contribution in [1.29, 1.82) is 0 Å². The quantitative estimate of drug-likeness (QED) is 0.592. The monoisotopic (exact) mass is 206 g/mol. The average molecular weight is 206 g/mol. The van der Waals surface area contributed by atoms with Crippen LogP contribution in [0.1, 0.15) is 57.8 Å². The number of rotatable bonds is 0. The van der Waals surface area contributed by atoms with Crippen LogP contribution in [0.15, 0.2) is 0 Å². The summed E-state index contributed by atoms with van der Waals surface area (Å²) in [5.41, 5.74) is 0. The lowest BCUT2D eigenvalue weighted by atomic mass is 9.57. The van der Waals surface area contributed by atoms with Crippen LogP contribution in [0.2, 0.25) is 0 Å². The van der Waals surface area contributed by atoms with Crippen molar-refractivity contribution in [3.63, 3.8) is 0 Å². The van der Waals surface area contributed by atoms with Crippen molar-refractivity contribution >= 4 is 5.78 Å². The number of ketones is 1. The second-order valence-electron chi connectivity index (χ2n) is 5.91. The number of hydrogen-bond donors (Lipinski definition) is 0. The lowest BCUT2D eigenvalue weighted by Gasteiger charge is -2.47. The van der Waals surface area contributed by atoms with E-state index in [1.54, 1.807) is 0 Å². The van der Waals surface area contributed by atoms with Gasteiger partial charge >= 0.3 is 0 Å². The molecule has 0 saturated heterocycles. The summed E-state index contributed by atoms with van der Waals surface area (Å²) in [4.78, 5) is 11.9. The van der Waals surface area contributed by atoms with Gasteiger partial charge in [0.1, 0.15) is 5.78 Å². The molecule has 15 heavy (non-hydrogen) atoms. The van der Waals surface area contributed by atoms with Crippen LogP contribution in [-0.4, -0.2) is 5.78 Å². The normalized spacial score (nSPS) is 45.7. The van der Waals surface area contributed by atoms with Crippen molar-refractivity contribution in [3.05, 3.63) is 0 Å². The Morgan fingerprint density at radius 3 is 2.53 bits per heavy atom. The first-order valence-electron chi connectivity index (χ1n) is 6.89. The van der Waals surface area contributed by atoms with Crippen LogP contribution in [0, 0.1) is 23.7 Å². The maximum atomic E-state index is 11.9. The summed E-state index contributed by atoms with van der Waals surface area (Å²) in [5, 5.41) is 0. The lowest BCUT2D eigenvalue weighted by molar-refractivity contribution is -0.131. The Kier molecular flexibility index (Phi) is 2.58. The fourth-order valence-corrected chi connectivity index (χ4v) is 4.58. The van der Waals surface area contributed by atoms with Crippen molar-refractivity contribution in [1.82, 2.24) is 0 Å². The highest BCUT2D eigenvalue weighted by molar-refractivity contribution is 5.82. The number of hydrogen-bond acceptors (Lipinski definition) is 1. The Balaban J connectivity index is 1.79. The minimum atomic E-state index is 0.484. The van der Waals surface area contributed by atoms with E-state index in [0.717, 1.165) is 24.2 Å². The smallest absolute Gasteiger partial charge is 0.136 e. The molecule has 0 aliphatic heterocycles. The molecule has 84 valence electrons. The van der Waals surface area contributed by atoms with E-state index in [4.69, 9.17) is 0 Å². The molecule has 3 fully saturated rings. The maximum absolute atomic E-state index is 11.9. The summed E-state index contributed by atoms with van der Waals surface area (Å²) in [7, 11) is 0. The van der Waals surface area contributed by atoms with E-state index in [-0.39, 0.29) is 0 Å². The fourth-order valence-electron chi connectivity index (χ4n) is 4.58. The van der Waals surface area contributed by atoms with Gasteiger partial charge < -0.3 is 0 Å². The van der Waals surface area contributed by atoms with Gasteiger partial charge in [0.05, 0.1) is 0 Å². The van der Waals surface area contributed by atoms with Crippen LogP contribution in [-0.2, 0) is 4.79 Å². The van der Waals surface area contributed by atoms with E-state index < -0.39 is 0 Å². The summed E-state index contributed by atoms with van der Waals surface area (Å²) < 4.78 is 0. The molecule has 3 aliphatic rings. The van der Waals surface area contributed by atoms with Gasteiger partial charge in [0.25, 0.3) is 0 Å². The van der Waals surface area contributed by atoms with Crippen molar-refractivity contribution in [2.75, 3.05) is 0 Å². The van der Waals surface area contributed by atoms with Gasteiger partial charge in [-0.05, 0) is 49.9 Å². The van der Waals surface area contributed by atoms with E-state index in [0.29, 0.717) is 11.7 Å². The van der Waals surface area contributed by atoms with Gasteiger partial charge in [-0.3, -0.25) is 4.79 Å². The molecule has 1 heteroatoms. The van der Waals surface area contributed by atoms with Crippen LogP contribution in [0.25, 0.3) is 0 Å². The van der Waals surface area contributed by atoms with Gasteiger partial charge in [0.15, 0.2) is 0 Å². The molecule has 3 rings (SSSR count). The Labute approximate surface area is 92.6 Å². The zero-order valence-corrected chi connectivity index (χ0v) is 9.58. The molecule has 1 unspecified atom stereocenters. The second kappa shape index (κ2) is 3.92. The van der Waals surface area contributed by atoms with Crippen LogP contribution in [0.4, 0.5) is 0 Å². The molecule has 0 amide bonds. The molecule has 4 atom stereocenters. The van der Waals surface area contributed by atoms with Gasteiger partial charge in [0, 0.05) is 12.3 Å². The molecule has 0 aromatic rings. The molecule has 0 aromatic carbocycles. The highest BCUT2D eigenvalue weighted by Crippen LogP contribution is 2.50. The summed E-state index contributed by atoms with van der Waals surface area (Å²) >= 11 is 0. The van der Waals surface area contributed by atoms with Crippen molar-refractivity contribution in [2.45, 2.75) is 57.8 Å². The topological polar surface area (TPSA) is 17.1 Å². The third-order valence-corrected chi connectivity index (χ3v) is 5.26. The number of fused-ring (bicyclic) bond motifs is 3. The SMILES string of the molecule is O=C1CCC[C@H]2C1CC[C@H]1CCCC[C@@H]12. The number of carbonyl (C=O) groups is 1. The zero-order valence-electron chi connectivity index (χ0n) is 9.58.